The molecule has 0 spiro atoms. The second-order valence-corrected chi connectivity index (χ2v) is 6.40. The van der Waals surface area contributed by atoms with E-state index in [4.69, 9.17) is 5.73 Å². The first-order chi connectivity index (χ1) is 11.1. The monoisotopic (exact) mass is 332 g/mol. The molecule has 0 saturated carbocycles. The molecular weight excluding hydrogens is 311 g/mol. The van der Waals surface area contributed by atoms with Crippen LogP contribution in [-0.4, -0.2) is 18.2 Å². The first-order valence-electron chi connectivity index (χ1n) is 7.61. The van der Waals surface area contributed by atoms with Gasteiger partial charge in [-0.2, -0.15) is 0 Å². The van der Waals surface area contributed by atoms with E-state index in [9.17, 15) is 9.18 Å². The van der Waals surface area contributed by atoms with Gasteiger partial charge in [-0.1, -0.05) is 30.3 Å². The zero-order valence-electron chi connectivity index (χ0n) is 12.9. The number of benzene rings is 2. The number of hydrogen-bond acceptors (Lipinski definition) is 3. The lowest BCUT2D eigenvalue weighted by Crippen LogP contribution is -2.28. The third-order valence-electron chi connectivity index (χ3n) is 3.36. The summed E-state index contributed by atoms with van der Waals surface area (Å²) in [5, 5.41) is 2.89. The molecule has 0 aliphatic carbocycles. The molecule has 0 radical (unpaired) electrons. The fraction of sp³-hybridized carbons (Fsp3) is 0.278. The number of carbonyl (C=O) groups is 1. The van der Waals surface area contributed by atoms with E-state index < -0.39 is 0 Å². The van der Waals surface area contributed by atoms with Crippen LogP contribution < -0.4 is 11.1 Å². The van der Waals surface area contributed by atoms with Gasteiger partial charge in [-0.3, -0.25) is 4.79 Å². The molecule has 1 amide bonds. The lowest BCUT2D eigenvalue weighted by atomic mass is 10.0. The van der Waals surface area contributed by atoms with Gasteiger partial charge in [0.15, 0.2) is 0 Å². The van der Waals surface area contributed by atoms with Crippen LogP contribution in [0.25, 0.3) is 0 Å². The normalized spacial score (nSPS) is 11.9. The Labute approximate surface area is 140 Å². The van der Waals surface area contributed by atoms with Crippen LogP contribution >= 0.6 is 11.8 Å². The molecule has 2 rings (SSSR count). The van der Waals surface area contributed by atoms with Gasteiger partial charge in [0, 0.05) is 23.9 Å². The van der Waals surface area contributed by atoms with Crippen LogP contribution in [-0.2, 0) is 4.79 Å². The third kappa shape index (κ3) is 6.42. The highest BCUT2D eigenvalue weighted by Gasteiger charge is 2.10. The van der Waals surface area contributed by atoms with Crippen molar-refractivity contribution in [2.75, 3.05) is 12.3 Å². The molecule has 0 aliphatic heterocycles. The second-order valence-electron chi connectivity index (χ2n) is 5.23. The van der Waals surface area contributed by atoms with E-state index in [0.717, 1.165) is 22.6 Å². The minimum absolute atomic E-state index is 0.0341. The summed E-state index contributed by atoms with van der Waals surface area (Å²) in [6.45, 7) is 0.620. The number of hydrogen-bond donors (Lipinski definition) is 2. The number of nitrogens with two attached hydrogens (primary N) is 1. The van der Waals surface area contributed by atoms with Gasteiger partial charge in [-0.15, -0.1) is 11.8 Å². The van der Waals surface area contributed by atoms with Gasteiger partial charge in [0.2, 0.25) is 5.91 Å². The van der Waals surface area contributed by atoms with Gasteiger partial charge in [0.25, 0.3) is 0 Å². The predicted molar refractivity (Wildman–Crippen MR) is 92.7 cm³/mol. The van der Waals surface area contributed by atoms with E-state index in [1.54, 1.807) is 23.9 Å². The maximum Gasteiger partial charge on any atom is 0.221 e. The number of thioether (sulfide) groups is 1. The van der Waals surface area contributed by atoms with Crippen LogP contribution in [0.1, 0.15) is 24.4 Å². The lowest BCUT2D eigenvalue weighted by Gasteiger charge is -2.12. The smallest absolute Gasteiger partial charge is 0.221 e. The minimum atomic E-state index is -0.273. The minimum Gasteiger partial charge on any atom is -0.356 e. The van der Waals surface area contributed by atoms with Gasteiger partial charge in [-0.05, 0) is 42.0 Å². The number of rotatable bonds is 8. The quantitative estimate of drug-likeness (QED) is 0.574. The van der Waals surface area contributed by atoms with Crippen LogP contribution in [0.5, 0.6) is 0 Å². The van der Waals surface area contributed by atoms with Gasteiger partial charge < -0.3 is 11.1 Å². The zero-order chi connectivity index (χ0) is 16.5. The highest BCUT2D eigenvalue weighted by Crippen LogP contribution is 2.18. The third-order valence-corrected chi connectivity index (χ3v) is 4.46. The number of halogens is 1. The van der Waals surface area contributed by atoms with Crippen molar-refractivity contribution >= 4 is 17.7 Å². The number of carbonyl (C=O) groups excluding carboxylic acids is 1. The average molecular weight is 332 g/mol. The van der Waals surface area contributed by atoms with Crippen LogP contribution in [0.4, 0.5) is 4.39 Å². The van der Waals surface area contributed by atoms with E-state index in [2.05, 4.69) is 5.32 Å². The highest BCUT2D eigenvalue weighted by atomic mass is 32.2. The largest absolute Gasteiger partial charge is 0.356 e. The van der Waals surface area contributed by atoms with Crippen molar-refractivity contribution in [1.29, 1.82) is 0 Å². The number of amides is 1. The maximum absolute atomic E-state index is 12.8. The number of nitrogens with one attached hydrogen (secondary N) is 1. The first kappa shape index (κ1) is 17.5. The Morgan fingerprint density at radius 2 is 1.83 bits per heavy atom. The predicted octanol–water partition coefficient (Wildman–Crippen LogP) is 3.51. The molecule has 0 heterocycles. The Morgan fingerprint density at radius 1 is 1.13 bits per heavy atom. The van der Waals surface area contributed by atoms with Crippen LogP contribution in [0.15, 0.2) is 59.5 Å². The fourth-order valence-corrected chi connectivity index (χ4v) is 2.96. The summed E-state index contributed by atoms with van der Waals surface area (Å²) in [6.07, 6.45) is 1.14. The summed E-state index contributed by atoms with van der Waals surface area (Å²) in [6, 6.07) is 15.8. The molecule has 2 aromatic carbocycles. The molecule has 0 aliphatic rings. The van der Waals surface area contributed by atoms with Crippen molar-refractivity contribution < 1.29 is 9.18 Å². The summed E-state index contributed by atoms with van der Waals surface area (Å²) in [5.41, 5.74) is 6.99. The van der Waals surface area contributed by atoms with E-state index >= 15 is 0 Å². The summed E-state index contributed by atoms with van der Waals surface area (Å²) >= 11 is 1.65. The van der Waals surface area contributed by atoms with E-state index in [-0.39, 0.29) is 24.2 Å². The molecule has 0 aromatic heterocycles. The fourth-order valence-electron chi connectivity index (χ4n) is 2.11. The molecule has 1 unspecified atom stereocenters. The molecule has 122 valence electrons. The van der Waals surface area contributed by atoms with Crippen LogP contribution in [0.3, 0.4) is 0 Å². The van der Waals surface area contributed by atoms with Gasteiger partial charge in [-0.25, -0.2) is 4.39 Å². The summed E-state index contributed by atoms with van der Waals surface area (Å²) in [5.74, 6) is 0.612. The maximum atomic E-state index is 12.8. The van der Waals surface area contributed by atoms with Crippen LogP contribution in [0.2, 0.25) is 0 Å². The molecule has 0 fully saturated rings. The molecule has 0 saturated heterocycles. The van der Waals surface area contributed by atoms with E-state index in [1.165, 1.54) is 12.1 Å². The Morgan fingerprint density at radius 3 is 2.52 bits per heavy atom. The molecule has 1 atom stereocenters. The van der Waals surface area contributed by atoms with Crippen molar-refractivity contribution in [3.05, 3.63) is 66.0 Å². The van der Waals surface area contributed by atoms with E-state index in [1.807, 2.05) is 30.3 Å². The highest BCUT2D eigenvalue weighted by molar-refractivity contribution is 7.99. The molecule has 2 aromatic rings. The Bertz CT molecular complexity index is 604. The summed E-state index contributed by atoms with van der Waals surface area (Å²) < 4.78 is 12.8. The Kier molecular flexibility index (Phi) is 7.10. The molecular formula is C18H21FN2OS. The van der Waals surface area contributed by atoms with Crippen molar-refractivity contribution in [3.8, 4) is 0 Å². The summed E-state index contributed by atoms with van der Waals surface area (Å²) in [7, 11) is 0. The van der Waals surface area contributed by atoms with Crippen molar-refractivity contribution in [2.45, 2.75) is 23.8 Å². The Balaban J connectivity index is 1.60. The van der Waals surface area contributed by atoms with E-state index in [0.29, 0.717) is 6.54 Å². The average Bonchev–Trinajstić information content (AvgIpc) is 2.57. The Hall–Kier alpha value is -1.85. The standard InChI is InChI=1S/C18H21FN2OS/c19-15-7-9-16(10-8-15)23-12-4-11-21-18(22)13-17(20)14-5-2-1-3-6-14/h1-3,5-10,17H,4,11-13,20H2,(H,21,22). The molecule has 0 bridgehead atoms. The van der Waals surface area contributed by atoms with Crippen LogP contribution in [0, 0.1) is 5.82 Å². The molecule has 3 nitrogen and oxygen atoms in total. The summed E-state index contributed by atoms with van der Waals surface area (Å²) in [4.78, 5) is 12.9. The second kappa shape index (κ2) is 9.33. The van der Waals surface area contributed by atoms with Crippen molar-refractivity contribution in [3.63, 3.8) is 0 Å². The molecule has 5 heteroatoms. The lowest BCUT2D eigenvalue weighted by molar-refractivity contribution is -0.121. The van der Waals surface area contributed by atoms with Gasteiger partial charge in [0.1, 0.15) is 5.82 Å². The van der Waals surface area contributed by atoms with Crippen molar-refractivity contribution in [1.82, 2.24) is 5.32 Å². The van der Waals surface area contributed by atoms with Gasteiger partial charge >= 0.3 is 0 Å². The first-order valence-corrected chi connectivity index (χ1v) is 8.59. The van der Waals surface area contributed by atoms with Crippen molar-refractivity contribution in [2.24, 2.45) is 5.73 Å². The molecule has 23 heavy (non-hydrogen) atoms. The SMILES string of the molecule is NC(CC(=O)NCCCSc1ccc(F)cc1)c1ccccc1. The zero-order valence-corrected chi connectivity index (χ0v) is 13.7. The topological polar surface area (TPSA) is 55.1 Å². The molecule has 3 N–H and O–H groups in total. The van der Waals surface area contributed by atoms with Gasteiger partial charge in [0.05, 0.1) is 0 Å².